The molecule has 7 heteroatoms. The predicted octanol–water partition coefficient (Wildman–Crippen LogP) is 3.78. The Morgan fingerprint density at radius 2 is 1.53 bits per heavy atom. The molecular weight excluding hydrogens is 400 g/mol. The van der Waals surface area contributed by atoms with E-state index in [2.05, 4.69) is 4.72 Å². The molecule has 2 fully saturated rings. The standard InChI is InChI=1S/C23H26N2O4S/c1-15-7-11-18(12-8-15)24-30(28,29)21-13-17(10-9-16(21)2)14-25-22(26)19-5-3-4-6-20(19)23(25)27/h7-13,19-20,24H,3-6,14H2,1-2H3/t19-,20-/m0/s1. The van der Waals surface area contributed by atoms with Crippen LogP contribution in [0, 0.1) is 25.7 Å². The molecule has 1 N–H and O–H groups in total. The van der Waals surface area contributed by atoms with Crippen molar-refractivity contribution < 1.29 is 18.0 Å². The Morgan fingerprint density at radius 1 is 0.933 bits per heavy atom. The Balaban J connectivity index is 1.58. The number of benzene rings is 2. The summed E-state index contributed by atoms with van der Waals surface area (Å²) in [6.07, 6.45) is 3.48. The van der Waals surface area contributed by atoms with E-state index in [4.69, 9.17) is 0 Å². The van der Waals surface area contributed by atoms with Crippen molar-refractivity contribution in [1.29, 1.82) is 0 Å². The molecule has 1 aliphatic carbocycles. The van der Waals surface area contributed by atoms with Gasteiger partial charge in [-0.1, -0.05) is 42.7 Å². The molecule has 0 unspecified atom stereocenters. The first-order valence-corrected chi connectivity index (χ1v) is 11.8. The molecule has 2 aromatic rings. The van der Waals surface area contributed by atoms with Crippen LogP contribution in [0.4, 0.5) is 5.69 Å². The van der Waals surface area contributed by atoms with Crippen LogP contribution in [0.25, 0.3) is 0 Å². The molecule has 0 bridgehead atoms. The van der Waals surface area contributed by atoms with Crippen LogP contribution in [0.15, 0.2) is 47.4 Å². The number of nitrogens with one attached hydrogen (secondary N) is 1. The number of sulfonamides is 1. The zero-order valence-electron chi connectivity index (χ0n) is 17.2. The van der Waals surface area contributed by atoms with Crippen LogP contribution in [0.5, 0.6) is 0 Å². The van der Waals surface area contributed by atoms with Gasteiger partial charge in [0.1, 0.15) is 0 Å². The van der Waals surface area contributed by atoms with Crippen molar-refractivity contribution in [2.75, 3.05) is 4.72 Å². The summed E-state index contributed by atoms with van der Waals surface area (Å²) in [6, 6.07) is 12.2. The van der Waals surface area contributed by atoms with Crippen molar-refractivity contribution in [1.82, 2.24) is 4.90 Å². The highest BCUT2D eigenvalue weighted by molar-refractivity contribution is 7.92. The molecule has 2 amide bonds. The highest BCUT2D eigenvalue weighted by Crippen LogP contribution is 2.38. The van der Waals surface area contributed by atoms with Crippen LogP contribution in [0.1, 0.15) is 42.4 Å². The number of carbonyl (C=O) groups is 2. The Morgan fingerprint density at radius 3 is 2.13 bits per heavy atom. The quantitative estimate of drug-likeness (QED) is 0.738. The van der Waals surface area contributed by atoms with E-state index in [1.165, 1.54) is 4.90 Å². The highest BCUT2D eigenvalue weighted by atomic mass is 32.2. The normalized spacial score (nSPS) is 21.6. The lowest BCUT2D eigenvalue weighted by Crippen LogP contribution is -2.30. The van der Waals surface area contributed by atoms with Crippen LogP contribution in [0.3, 0.4) is 0 Å². The van der Waals surface area contributed by atoms with Crippen molar-refractivity contribution in [3.05, 3.63) is 59.2 Å². The monoisotopic (exact) mass is 426 g/mol. The summed E-state index contributed by atoms with van der Waals surface area (Å²) in [7, 11) is -3.80. The summed E-state index contributed by atoms with van der Waals surface area (Å²) in [4.78, 5) is 27.0. The second kappa shape index (κ2) is 7.87. The minimum absolute atomic E-state index is 0.109. The van der Waals surface area contributed by atoms with Crippen LogP contribution < -0.4 is 4.72 Å². The van der Waals surface area contributed by atoms with Gasteiger partial charge in [-0.05, 0) is 56.0 Å². The molecule has 4 rings (SSSR count). The molecular formula is C23H26N2O4S. The fraction of sp³-hybridized carbons (Fsp3) is 0.391. The average molecular weight is 427 g/mol. The Bertz CT molecular complexity index is 1070. The maximum atomic E-state index is 13.0. The number of anilines is 1. The van der Waals surface area contributed by atoms with E-state index in [-0.39, 0.29) is 35.1 Å². The summed E-state index contributed by atoms with van der Waals surface area (Å²) in [5.74, 6) is -0.647. The van der Waals surface area contributed by atoms with E-state index >= 15 is 0 Å². The molecule has 1 saturated carbocycles. The zero-order chi connectivity index (χ0) is 21.5. The van der Waals surface area contributed by atoms with Crippen molar-refractivity contribution >= 4 is 27.5 Å². The minimum atomic E-state index is -3.80. The molecule has 158 valence electrons. The lowest BCUT2D eigenvalue weighted by molar-refractivity contribution is -0.140. The molecule has 0 aromatic heterocycles. The van der Waals surface area contributed by atoms with E-state index in [1.807, 2.05) is 19.1 Å². The number of nitrogens with zero attached hydrogens (tertiary/aromatic N) is 1. The van der Waals surface area contributed by atoms with Gasteiger partial charge in [0.15, 0.2) is 0 Å². The summed E-state index contributed by atoms with van der Waals surface area (Å²) >= 11 is 0. The number of rotatable bonds is 5. The molecule has 2 atom stereocenters. The fourth-order valence-corrected chi connectivity index (χ4v) is 5.79. The first kappa shape index (κ1) is 20.6. The molecule has 2 aromatic carbocycles. The number of amides is 2. The SMILES string of the molecule is Cc1ccc(NS(=O)(=O)c2cc(CN3C(=O)[C@H]4CCCC[C@@H]4C3=O)ccc2C)cc1. The van der Waals surface area contributed by atoms with Gasteiger partial charge in [-0.25, -0.2) is 8.42 Å². The third kappa shape index (κ3) is 3.86. The maximum absolute atomic E-state index is 13.0. The highest BCUT2D eigenvalue weighted by Gasteiger charge is 2.47. The topological polar surface area (TPSA) is 83.6 Å². The van der Waals surface area contributed by atoms with Crippen molar-refractivity contribution in [3.8, 4) is 0 Å². The molecule has 0 radical (unpaired) electrons. The number of fused-ring (bicyclic) bond motifs is 1. The third-order valence-electron chi connectivity index (χ3n) is 6.12. The largest absolute Gasteiger partial charge is 0.280 e. The summed E-state index contributed by atoms with van der Waals surface area (Å²) in [5, 5.41) is 0. The van der Waals surface area contributed by atoms with Gasteiger partial charge in [0, 0.05) is 5.69 Å². The molecule has 0 spiro atoms. The number of hydrogen-bond acceptors (Lipinski definition) is 4. The first-order chi connectivity index (χ1) is 14.3. The van der Waals surface area contributed by atoms with E-state index < -0.39 is 10.0 Å². The number of hydrogen-bond donors (Lipinski definition) is 1. The Kier molecular flexibility index (Phi) is 5.40. The van der Waals surface area contributed by atoms with Gasteiger partial charge in [0.05, 0.1) is 23.3 Å². The number of imide groups is 1. The van der Waals surface area contributed by atoms with Crippen LogP contribution in [-0.2, 0) is 26.2 Å². The second-order valence-electron chi connectivity index (χ2n) is 8.33. The molecule has 1 saturated heterocycles. The van der Waals surface area contributed by atoms with Crippen molar-refractivity contribution in [2.24, 2.45) is 11.8 Å². The number of likely N-dealkylation sites (tertiary alicyclic amines) is 1. The summed E-state index contributed by atoms with van der Waals surface area (Å²) in [6.45, 7) is 3.77. The second-order valence-corrected chi connectivity index (χ2v) is 9.98. The van der Waals surface area contributed by atoms with Crippen LogP contribution in [-0.4, -0.2) is 25.1 Å². The lowest BCUT2D eigenvalue weighted by Gasteiger charge is -2.19. The predicted molar refractivity (Wildman–Crippen MR) is 114 cm³/mol. The van der Waals surface area contributed by atoms with Crippen molar-refractivity contribution in [2.45, 2.75) is 51.0 Å². The van der Waals surface area contributed by atoms with Gasteiger partial charge in [0.25, 0.3) is 10.0 Å². The van der Waals surface area contributed by atoms with Crippen LogP contribution in [0.2, 0.25) is 0 Å². The van der Waals surface area contributed by atoms with Gasteiger partial charge < -0.3 is 0 Å². The number of aryl methyl sites for hydroxylation is 2. The first-order valence-electron chi connectivity index (χ1n) is 10.3. The summed E-state index contributed by atoms with van der Waals surface area (Å²) < 4.78 is 28.6. The Hall–Kier alpha value is -2.67. The molecule has 30 heavy (non-hydrogen) atoms. The fourth-order valence-electron chi connectivity index (χ4n) is 4.43. The van der Waals surface area contributed by atoms with Gasteiger partial charge >= 0.3 is 0 Å². The molecule has 2 aliphatic rings. The van der Waals surface area contributed by atoms with E-state index in [9.17, 15) is 18.0 Å². The van der Waals surface area contributed by atoms with Gasteiger partial charge in [-0.15, -0.1) is 0 Å². The van der Waals surface area contributed by atoms with Gasteiger partial charge in [0.2, 0.25) is 11.8 Å². The van der Waals surface area contributed by atoms with Gasteiger partial charge in [-0.3, -0.25) is 19.2 Å². The molecule has 1 heterocycles. The van der Waals surface area contributed by atoms with Gasteiger partial charge in [-0.2, -0.15) is 0 Å². The van der Waals surface area contributed by atoms with E-state index in [0.717, 1.165) is 31.2 Å². The lowest BCUT2D eigenvalue weighted by atomic mass is 9.81. The number of carbonyl (C=O) groups excluding carboxylic acids is 2. The Labute approximate surface area is 177 Å². The average Bonchev–Trinajstić information content (AvgIpc) is 2.96. The minimum Gasteiger partial charge on any atom is -0.280 e. The summed E-state index contributed by atoms with van der Waals surface area (Å²) in [5.41, 5.74) is 2.76. The third-order valence-corrected chi connectivity index (χ3v) is 7.64. The maximum Gasteiger partial charge on any atom is 0.262 e. The molecule has 6 nitrogen and oxygen atoms in total. The van der Waals surface area contributed by atoms with Crippen molar-refractivity contribution in [3.63, 3.8) is 0 Å². The smallest absolute Gasteiger partial charge is 0.262 e. The zero-order valence-corrected chi connectivity index (χ0v) is 18.0. The van der Waals surface area contributed by atoms with E-state index in [1.54, 1.807) is 37.3 Å². The molecule has 1 aliphatic heterocycles. The van der Waals surface area contributed by atoms with Crippen LogP contribution >= 0.6 is 0 Å². The van der Waals surface area contributed by atoms with E-state index in [0.29, 0.717) is 16.8 Å².